The third kappa shape index (κ3) is 4.45. The summed E-state index contributed by atoms with van der Waals surface area (Å²) < 4.78 is 0. The molecular formula is C17H23ClN2O3. The Hall–Kier alpha value is -1.59. The van der Waals surface area contributed by atoms with Gasteiger partial charge in [-0.15, -0.1) is 0 Å². The number of benzene rings is 1. The van der Waals surface area contributed by atoms with E-state index >= 15 is 0 Å². The first-order chi connectivity index (χ1) is 10.7. The van der Waals surface area contributed by atoms with Crippen molar-refractivity contribution in [2.75, 3.05) is 26.2 Å². The monoisotopic (exact) mass is 338 g/mol. The van der Waals surface area contributed by atoms with E-state index in [4.69, 9.17) is 11.6 Å². The number of piperazine rings is 1. The molecule has 1 saturated heterocycles. The highest BCUT2D eigenvalue weighted by atomic mass is 35.5. The van der Waals surface area contributed by atoms with Gasteiger partial charge in [-0.1, -0.05) is 32.4 Å². The molecule has 5 nitrogen and oxygen atoms in total. The number of Topliss-reactive ketones (excluding diaryl/α,β-unsaturated/α-hetero) is 1. The number of nitrogens with zero attached hydrogens (tertiary/aromatic N) is 2. The van der Waals surface area contributed by atoms with Crippen molar-refractivity contribution in [3.05, 3.63) is 34.9 Å². The van der Waals surface area contributed by atoms with Gasteiger partial charge in [0, 0.05) is 30.2 Å². The lowest BCUT2D eigenvalue weighted by Crippen LogP contribution is -2.59. The van der Waals surface area contributed by atoms with Crippen LogP contribution in [0.2, 0.25) is 5.02 Å². The summed E-state index contributed by atoms with van der Waals surface area (Å²) in [6.45, 7) is 7.93. The van der Waals surface area contributed by atoms with Gasteiger partial charge >= 0.3 is 6.09 Å². The number of amides is 1. The minimum absolute atomic E-state index is 0.0260. The molecule has 1 aliphatic heterocycles. The van der Waals surface area contributed by atoms with Gasteiger partial charge in [-0.05, 0) is 29.7 Å². The summed E-state index contributed by atoms with van der Waals surface area (Å²) >= 11 is 5.84. The Labute approximate surface area is 141 Å². The van der Waals surface area contributed by atoms with E-state index in [0.717, 1.165) is 0 Å². The second kappa shape index (κ2) is 6.89. The molecule has 126 valence electrons. The molecule has 0 saturated carbocycles. The summed E-state index contributed by atoms with van der Waals surface area (Å²) in [6.07, 6.45) is -0.895. The summed E-state index contributed by atoms with van der Waals surface area (Å²) in [5.41, 5.74) is 0.447. The lowest BCUT2D eigenvalue weighted by molar-refractivity contribution is 0.0224. The summed E-state index contributed by atoms with van der Waals surface area (Å²) in [5.74, 6) is 0.0260. The van der Waals surface area contributed by atoms with Crippen molar-refractivity contribution in [3.63, 3.8) is 0 Å². The van der Waals surface area contributed by atoms with Crippen LogP contribution in [0.5, 0.6) is 0 Å². The van der Waals surface area contributed by atoms with Crippen LogP contribution in [0.4, 0.5) is 4.79 Å². The molecule has 1 N–H and O–H groups in total. The van der Waals surface area contributed by atoms with Crippen LogP contribution in [0.25, 0.3) is 0 Å². The quantitative estimate of drug-likeness (QED) is 0.859. The largest absolute Gasteiger partial charge is 0.465 e. The van der Waals surface area contributed by atoms with E-state index in [0.29, 0.717) is 36.8 Å². The first kappa shape index (κ1) is 17.8. The summed E-state index contributed by atoms with van der Waals surface area (Å²) in [5, 5.41) is 9.97. The van der Waals surface area contributed by atoms with Crippen LogP contribution >= 0.6 is 11.6 Å². The van der Waals surface area contributed by atoms with Crippen LogP contribution in [0, 0.1) is 5.41 Å². The van der Waals surface area contributed by atoms with E-state index < -0.39 is 6.09 Å². The topological polar surface area (TPSA) is 60.9 Å². The van der Waals surface area contributed by atoms with E-state index in [9.17, 15) is 14.7 Å². The van der Waals surface area contributed by atoms with E-state index in [2.05, 4.69) is 0 Å². The SMILES string of the molecule is CC(C)(C)C1CN(CC(=O)c2ccc(Cl)cc2)CCN1C(=O)O. The fourth-order valence-corrected chi connectivity index (χ4v) is 3.01. The maximum Gasteiger partial charge on any atom is 0.407 e. The minimum Gasteiger partial charge on any atom is -0.465 e. The van der Waals surface area contributed by atoms with Crippen molar-refractivity contribution in [1.29, 1.82) is 0 Å². The number of ketones is 1. The second-order valence-corrected chi connectivity index (χ2v) is 7.46. The van der Waals surface area contributed by atoms with Crippen molar-refractivity contribution >= 4 is 23.5 Å². The zero-order chi connectivity index (χ0) is 17.2. The third-order valence-corrected chi connectivity index (χ3v) is 4.50. The molecule has 6 heteroatoms. The molecule has 1 unspecified atom stereocenters. The molecule has 0 bridgehead atoms. The number of carboxylic acid groups (broad SMARTS) is 1. The Bertz CT molecular complexity index is 580. The van der Waals surface area contributed by atoms with Crippen molar-refractivity contribution in [3.8, 4) is 0 Å². The maximum atomic E-state index is 12.4. The molecule has 0 spiro atoms. The number of rotatable bonds is 3. The van der Waals surface area contributed by atoms with Crippen molar-refractivity contribution in [2.24, 2.45) is 5.41 Å². The second-order valence-electron chi connectivity index (χ2n) is 7.02. The molecule has 1 aliphatic rings. The number of hydrogen-bond acceptors (Lipinski definition) is 3. The van der Waals surface area contributed by atoms with Gasteiger partial charge in [0.2, 0.25) is 0 Å². The summed E-state index contributed by atoms with van der Waals surface area (Å²) in [7, 11) is 0. The summed E-state index contributed by atoms with van der Waals surface area (Å²) in [4.78, 5) is 27.3. The Kier molecular flexibility index (Phi) is 5.32. The van der Waals surface area contributed by atoms with Gasteiger partial charge in [0.15, 0.2) is 5.78 Å². The number of carbonyl (C=O) groups is 2. The standard InChI is InChI=1S/C17H23ClN2O3/c1-17(2,3)15-11-19(8-9-20(15)16(22)23)10-14(21)12-4-6-13(18)7-5-12/h4-7,15H,8-11H2,1-3H3,(H,22,23). The van der Waals surface area contributed by atoms with E-state index in [1.807, 2.05) is 25.7 Å². The fraction of sp³-hybridized carbons (Fsp3) is 0.529. The average molecular weight is 339 g/mol. The summed E-state index contributed by atoms with van der Waals surface area (Å²) in [6, 6.07) is 6.72. The zero-order valence-corrected chi connectivity index (χ0v) is 14.5. The van der Waals surface area contributed by atoms with Gasteiger partial charge in [-0.25, -0.2) is 4.79 Å². The smallest absolute Gasteiger partial charge is 0.407 e. The maximum absolute atomic E-state index is 12.4. The molecule has 2 rings (SSSR count). The minimum atomic E-state index is -0.895. The predicted octanol–water partition coefficient (Wildman–Crippen LogP) is 3.23. The molecule has 1 aromatic rings. The highest BCUT2D eigenvalue weighted by Crippen LogP contribution is 2.28. The molecule has 1 fully saturated rings. The Balaban J connectivity index is 2.05. The first-order valence-corrected chi connectivity index (χ1v) is 8.07. The van der Waals surface area contributed by atoms with Gasteiger partial charge in [0.05, 0.1) is 12.6 Å². The van der Waals surface area contributed by atoms with E-state index in [1.54, 1.807) is 24.3 Å². The Morgan fingerprint density at radius 2 is 1.83 bits per heavy atom. The zero-order valence-electron chi connectivity index (χ0n) is 13.8. The molecule has 1 amide bonds. The van der Waals surface area contributed by atoms with Crippen LogP contribution < -0.4 is 0 Å². The molecule has 1 aromatic carbocycles. The molecule has 23 heavy (non-hydrogen) atoms. The van der Waals surface area contributed by atoms with Crippen molar-refractivity contribution in [2.45, 2.75) is 26.8 Å². The van der Waals surface area contributed by atoms with Crippen molar-refractivity contribution < 1.29 is 14.7 Å². The van der Waals surface area contributed by atoms with Gasteiger partial charge in [0.1, 0.15) is 0 Å². The number of halogens is 1. The fourth-order valence-electron chi connectivity index (χ4n) is 2.88. The average Bonchev–Trinajstić information content (AvgIpc) is 2.46. The molecule has 0 aliphatic carbocycles. The number of carbonyl (C=O) groups excluding carboxylic acids is 1. The molecule has 1 atom stereocenters. The van der Waals surface area contributed by atoms with Crippen LogP contribution in [-0.2, 0) is 0 Å². The molecule has 1 heterocycles. The van der Waals surface area contributed by atoms with Gasteiger partial charge in [-0.2, -0.15) is 0 Å². The van der Waals surface area contributed by atoms with Gasteiger partial charge in [0.25, 0.3) is 0 Å². The first-order valence-electron chi connectivity index (χ1n) is 7.69. The van der Waals surface area contributed by atoms with E-state index in [-0.39, 0.29) is 17.2 Å². The Morgan fingerprint density at radius 3 is 2.35 bits per heavy atom. The molecule has 0 radical (unpaired) electrons. The van der Waals surface area contributed by atoms with Crippen molar-refractivity contribution in [1.82, 2.24) is 9.80 Å². The van der Waals surface area contributed by atoms with Gasteiger partial charge in [-0.3, -0.25) is 9.69 Å². The van der Waals surface area contributed by atoms with Crippen LogP contribution in [-0.4, -0.2) is 59.0 Å². The molecular weight excluding hydrogens is 316 g/mol. The van der Waals surface area contributed by atoms with Crippen LogP contribution in [0.15, 0.2) is 24.3 Å². The van der Waals surface area contributed by atoms with Crippen LogP contribution in [0.3, 0.4) is 0 Å². The highest BCUT2D eigenvalue weighted by Gasteiger charge is 2.38. The molecule has 0 aromatic heterocycles. The third-order valence-electron chi connectivity index (χ3n) is 4.24. The normalized spacial score (nSPS) is 19.7. The lowest BCUT2D eigenvalue weighted by Gasteiger charge is -2.45. The van der Waals surface area contributed by atoms with E-state index in [1.165, 1.54) is 4.90 Å². The van der Waals surface area contributed by atoms with Gasteiger partial charge < -0.3 is 10.0 Å². The highest BCUT2D eigenvalue weighted by molar-refractivity contribution is 6.30. The predicted molar refractivity (Wildman–Crippen MR) is 90.2 cm³/mol. The Morgan fingerprint density at radius 1 is 1.22 bits per heavy atom. The number of hydrogen-bond donors (Lipinski definition) is 1. The lowest BCUT2D eigenvalue weighted by atomic mass is 9.84. The van der Waals surface area contributed by atoms with Crippen LogP contribution in [0.1, 0.15) is 31.1 Å².